The van der Waals surface area contributed by atoms with Crippen molar-refractivity contribution < 1.29 is 14.5 Å². The van der Waals surface area contributed by atoms with Crippen LogP contribution < -0.4 is 15.5 Å². The van der Waals surface area contributed by atoms with E-state index in [2.05, 4.69) is 10.6 Å². The maximum absolute atomic E-state index is 12.3. The van der Waals surface area contributed by atoms with Crippen LogP contribution in [0.2, 0.25) is 0 Å². The normalized spacial score (nSPS) is 13.5. The third kappa shape index (κ3) is 4.05. The van der Waals surface area contributed by atoms with E-state index in [0.717, 1.165) is 24.2 Å². The minimum absolute atomic E-state index is 0.127. The molecular weight excluding hydrogens is 348 g/mol. The first-order chi connectivity index (χ1) is 13.0. The van der Waals surface area contributed by atoms with Crippen molar-refractivity contribution in [2.24, 2.45) is 0 Å². The van der Waals surface area contributed by atoms with Crippen molar-refractivity contribution >= 4 is 28.9 Å². The molecule has 3 rings (SSSR count). The molecule has 0 bridgehead atoms. The molecule has 2 aromatic carbocycles. The minimum atomic E-state index is -0.527. The van der Waals surface area contributed by atoms with Crippen molar-refractivity contribution in [1.29, 1.82) is 0 Å². The molecule has 8 nitrogen and oxygen atoms in total. The van der Waals surface area contributed by atoms with Crippen molar-refractivity contribution in [3.63, 3.8) is 0 Å². The average Bonchev–Trinajstić information content (AvgIpc) is 3.11. The molecule has 27 heavy (non-hydrogen) atoms. The Kier molecular flexibility index (Phi) is 5.35. The van der Waals surface area contributed by atoms with Gasteiger partial charge in [-0.15, -0.1) is 0 Å². The van der Waals surface area contributed by atoms with Crippen LogP contribution in [-0.2, 0) is 11.3 Å². The van der Waals surface area contributed by atoms with Crippen LogP contribution >= 0.6 is 0 Å². The van der Waals surface area contributed by atoms with Crippen LogP contribution in [0.4, 0.5) is 17.1 Å². The summed E-state index contributed by atoms with van der Waals surface area (Å²) in [6.07, 6.45) is 1.45. The summed E-state index contributed by atoms with van der Waals surface area (Å²) >= 11 is 0. The average molecular weight is 368 g/mol. The van der Waals surface area contributed by atoms with E-state index in [1.165, 1.54) is 18.2 Å². The number of carbonyl (C=O) groups excluding carboxylic acids is 2. The van der Waals surface area contributed by atoms with Crippen molar-refractivity contribution in [3.05, 3.63) is 63.7 Å². The molecule has 8 heteroatoms. The van der Waals surface area contributed by atoms with Crippen molar-refractivity contribution in [2.75, 3.05) is 23.8 Å². The highest BCUT2D eigenvalue weighted by Gasteiger charge is 2.21. The molecule has 0 radical (unpaired) electrons. The van der Waals surface area contributed by atoms with E-state index in [0.29, 0.717) is 12.1 Å². The van der Waals surface area contributed by atoms with E-state index in [1.54, 1.807) is 11.9 Å². The molecular formula is C19H20N4O4. The van der Waals surface area contributed by atoms with Crippen LogP contribution in [0.1, 0.15) is 28.8 Å². The molecule has 2 aromatic rings. The van der Waals surface area contributed by atoms with Gasteiger partial charge in [-0.1, -0.05) is 12.1 Å². The number of hydrogen-bond acceptors (Lipinski definition) is 5. The van der Waals surface area contributed by atoms with Gasteiger partial charge < -0.3 is 15.5 Å². The van der Waals surface area contributed by atoms with Crippen LogP contribution in [0.3, 0.4) is 0 Å². The van der Waals surface area contributed by atoms with E-state index < -0.39 is 4.92 Å². The first-order valence-corrected chi connectivity index (χ1v) is 8.63. The molecule has 0 aliphatic carbocycles. The number of amides is 2. The maximum atomic E-state index is 12.3. The Bertz CT molecular complexity index is 880. The van der Waals surface area contributed by atoms with Gasteiger partial charge in [0.05, 0.1) is 4.92 Å². The second-order valence-electron chi connectivity index (χ2n) is 6.24. The van der Waals surface area contributed by atoms with Crippen molar-refractivity contribution in [1.82, 2.24) is 5.32 Å². The quantitative estimate of drug-likeness (QED) is 0.602. The molecule has 1 fully saturated rings. The molecule has 0 saturated carbocycles. The summed E-state index contributed by atoms with van der Waals surface area (Å²) in [4.78, 5) is 36.4. The molecule has 0 atom stereocenters. The van der Waals surface area contributed by atoms with Gasteiger partial charge in [0.15, 0.2) is 0 Å². The van der Waals surface area contributed by atoms with E-state index in [1.807, 2.05) is 24.3 Å². The van der Waals surface area contributed by atoms with Gasteiger partial charge in [-0.25, -0.2) is 0 Å². The number of hydrogen-bond donors (Lipinski definition) is 2. The molecule has 140 valence electrons. The highest BCUT2D eigenvalue weighted by Crippen LogP contribution is 2.25. The number of nitro groups is 1. The fourth-order valence-electron chi connectivity index (χ4n) is 3.03. The van der Waals surface area contributed by atoms with Crippen molar-refractivity contribution in [2.45, 2.75) is 19.4 Å². The summed E-state index contributed by atoms with van der Waals surface area (Å²) in [5, 5.41) is 16.6. The van der Waals surface area contributed by atoms with E-state index in [-0.39, 0.29) is 29.6 Å². The van der Waals surface area contributed by atoms with Gasteiger partial charge in [0.1, 0.15) is 5.69 Å². The zero-order valence-corrected chi connectivity index (χ0v) is 14.9. The summed E-state index contributed by atoms with van der Waals surface area (Å²) in [5.41, 5.74) is 2.15. The van der Waals surface area contributed by atoms with Gasteiger partial charge >= 0.3 is 0 Å². The van der Waals surface area contributed by atoms with Gasteiger partial charge in [0.25, 0.3) is 11.6 Å². The zero-order valence-electron chi connectivity index (χ0n) is 14.9. The monoisotopic (exact) mass is 368 g/mol. The summed E-state index contributed by atoms with van der Waals surface area (Å²) in [6.45, 7) is 1.02. The predicted molar refractivity (Wildman–Crippen MR) is 102 cm³/mol. The number of anilines is 2. The summed E-state index contributed by atoms with van der Waals surface area (Å²) < 4.78 is 0. The van der Waals surface area contributed by atoms with E-state index >= 15 is 0 Å². The highest BCUT2D eigenvalue weighted by atomic mass is 16.6. The standard InChI is InChI=1S/C19H20N4O4/c1-20-16-9-6-14(11-17(16)23(26)27)19(25)21-12-13-4-7-15(8-5-13)22-10-2-3-18(22)24/h4-9,11,20H,2-3,10,12H2,1H3,(H,21,25). The molecule has 0 aromatic heterocycles. The maximum Gasteiger partial charge on any atom is 0.293 e. The summed E-state index contributed by atoms with van der Waals surface area (Å²) in [6, 6.07) is 11.7. The second-order valence-corrected chi connectivity index (χ2v) is 6.24. The molecule has 1 heterocycles. The van der Waals surface area contributed by atoms with Crippen LogP contribution in [0.5, 0.6) is 0 Å². The number of benzene rings is 2. The number of carbonyl (C=O) groups is 2. The first-order valence-electron chi connectivity index (χ1n) is 8.63. The van der Waals surface area contributed by atoms with Gasteiger partial charge in [-0.3, -0.25) is 19.7 Å². The molecule has 1 aliphatic heterocycles. The lowest BCUT2D eigenvalue weighted by molar-refractivity contribution is -0.384. The highest BCUT2D eigenvalue weighted by molar-refractivity contribution is 5.96. The Labute approximate surface area is 156 Å². The second kappa shape index (κ2) is 7.86. The van der Waals surface area contributed by atoms with Crippen LogP contribution in [-0.4, -0.2) is 30.3 Å². The van der Waals surface area contributed by atoms with Crippen molar-refractivity contribution in [3.8, 4) is 0 Å². The first kappa shape index (κ1) is 18.4. The zero-order chi connectivity index (χ0) is 19.4. The van der Waals surface area contributed by atoms with Gasteiger partial charge in [-0.05, 0) is 36.2 Å². The molecule has 2 amide bonds. The van der Waals surface area contributed by atoms with Crippen LogP contribution in [0.25, 0.3) is 0 Å². The van der Waals surface area contributed by atoms with E-state index in [9.17, 15) is 19.7 Å². The van der Waals surface area contributed by atoms with E-state index in [4.69, 9.17) is 0 Å². The topological polar surface area (TPSA) is 105 Å². The Balaban J connectivity index is 1.64. The lowest BCUT2D eigenvalue weighted by atomic mass is 10.1. The largest absolute Gasteiger partial charge is 0.383 e. The molecule has 0 unspecified atom stereocenters. The Morgan fingerprint density at radius 1 is 1.22 bits per heavy atom. The molecule has 1 aliphatic rings. The fourth-order valence-corrected chi connectivity index (χ4v) is 3.03. The SMILES string of the molecule is CNc1ccc(C(=O)NCc2ccc(N3CCCC3=O)cc2)cc1[N+](=O)[O-]. The third-order valence-corrected chi connectivity index (χ3v) is 4.50. The summed E-state index contributed by atoms with van der Waals surface area (Å²) in [5.74, 6) is -0.262. The van der Waals surface area contributed by atoms with Crippen LogP contribution in [0, 0.1) is 10.1 Å². The number of nitrogens with zero attached hydrogens (tertiary/aromatic N) is 2. The predicted octanol–water partition coefficient (Wildman–Crippen LogP) is 2.69. The van der Waals surface area contributed by atoms with Gasteiger partial charge in [0, 0.05) is 43.9 Å². The molecule has 0 spiro atoms. The molecule has 2 N–H and O–H groups in total. The lowest BCUT2D eigenvalue weighted by Gasteiger charge is -2.16. The molecule has 1 saturated heterocycles. The third-order valence-electron chi connectivity index (χ3n) is 4.50. The smallest absolute Gasteiger partial charge is 0.293 e. The number of nitrogens with one attached hydrogen (secondary N) is 2. The summed E-state index contributed by atoms with van der Waals surface area (Å²) in [7, 11) is 1.58. The Morgan fingerprint density at radius 2 is 1.96 bits per heavy atom. The minimum Gasteiger partial charge on any atom is -0.383 e. The Morgan fingerprint density at radius 3 is 2.56 bits per heavy atom. The lowest BCUT2D eigenvalue weighted by Crippen LogP contribution is -2.24. The van der Waals surface area contributed by atoms with Gasteiger partial charge in [0.2, 0.25) is 5.91 Å². The number of nitro benzene ring substituents is 1. The van der Waals surface area contributed by atoms with Crippen LogP contribution in [0.15, 0.2) is 42.5 Å². The fraction of sp³-hybridized carbons (Fsp3) is 0.263. The number of rotatable bonds is 6. The van der Waals surface area contributed by atoms with Gasteiger partial charge in [-0.2, -0.15) is 0 Å². The Hall–Kier alpha value is -3.42.